The number of allylic oxidation sites excluding steroid dienone is 1. The number of rotatable bonds is 8. The van der Waals surface area contributed by atoms with Gasteiger partial charge in [0.1, 0.15) is 12.9 Å². The quantitative estimate of drug-likeness (QED) is 0.543. The SMILES string of the molecule is C=CCc1cc(C=O)cc(OCC)c1OCc1ccccc1C#N. The van der Waals surface area contributed by atoms with Gasteiger partial charge < -0.3 is 9.47 Å². The van der Waals surface area contributed by atoms with Crippen LogP contribution in [0.4, 0.5) is 0 Å². The van der Waals surface area contributed by atoms with E-state index in [4.69, 9.17) is 9.47 Å². The molecule has 4 nitrogen and oxygen atoms in total. The molecule has 0 N–H and O–H groups in total. The maximum Gasteiger partial charge on any atom is 0.165 e. The molecule has 0 saturated heterocycles. The van der Waals surface area contributed by atoms with E-state index in [1.54, 1.807) is 24.3 Å². The normalized spacial score (nSPS) is 9.83. The van der Waals surface area contributed by atoms with Crippen molar-refractivity contribution in [3.8, 4) is 17.6 Å². The van der Waals surface area contributed by atoms with E-state index < -0.39 is 0 Å². The Kier molecular flexibility index (Phi) is 6.16. The highest BCUT2D eigenvalue weighted by Gasteiger charge is 2.14. The third-order valence-electron chi connectivity index (χ3n) is 3.46. The zero-order chi connectivity index (χ0) is 17.4. The predicted octanol–water partition coefficient (Wildman–Crippen LogP) is 4.08. The summed E-state index contributed by atoms with van der Waals surface area (Å²) in [6.45, 7) is 6.32. The Bertz CT molecular complexity index is 775. The van der Waals surface area contributed by atoms with Crippen molar-refractivity contribution >= 4 is 6.29 Å². The van der Waals surface area contributed by atoms with Gasteiger partial charge in [0, 0.05) is 16.7 Å². The molecule has 0 radical (unpaired) electrons. The molecule has 0 unspecified atom stereocenters. The molecule has 0 fully saturated rings. The molecule has 2 aromatic carbocycles. The fourth-order valence-corrected chi connectivity index (χ4v) is 2.39. The van der Waals surface area contributed by atoms with Gasteiger partial charge in [-0.2, -0.15) is 5.26 Å². The fraction of sp³-hybridized carbons (Fsp3) is 0.200. The molecule has 0 aliphatic heterocycles. The van der Waals surface area contributed by atoms with Crippen molar-refractivity contribution in [3.63, 3.8) is 0 Å². The van der Waals surface area contributed by atoms with Crippen LogP contribution in [0, 0.1) is 11.3 Å². The summed E-state index contributed by atoms with van der Waals surface area (Å²) in [5.74, 6) is 1.10. The van der Waals surface area contributed by atoms with Gasteiger partial charge in [-0.25, -0.2) is 0 Å². The van der Waals surface area contributed by atoms with Gasteiger partial charge >= 0.3 is 0 Å². The standard InChI is InChI=1S/C20H19NO3/c1-3-7-16-10-15(13-22)11-19(23-4-2)20(16)24-14-18-9-6-5-8-17(18)12-21/h3,5-6,8-11,13H,1,4,7,14H2,2H3. The van der Waals surface area contributed by atoms with Gasteiger partial charge in [0.2, 0.25) is 0 Å². The lowest BCUT2D eigenvalue weighted by Crippen LogP contribution is -2.04. The molecule has 0 aliphatic carbocycles. The van der Waals surface area contributed by atoms with Crippen molar-refractivity contribution in [1.82, 2.24) is 0 Å². The molecule has 0 saturated carbocycles. The summed E-state index contributed by atoms with van der Waals surface area (Å²) in [4.78, 5) is 11.1. The van der Waals surface area contributed by atoms with Crippen LogP contribution >= 0.6 is 0 Å². The Morgan fingerprint density at radius 1 is 1.21 bits per heavy atom. The number of nitriles is 1. The topological polar surface area (TPSA) is 59.3 Å². The van der Waals surface area contributed by atoms with Crippen LogP contribution in [0.2, 0.25) is 0 Å². The second kappa shape index (κ2) is 8.54. The molecule has 0 heterocycles. The minimum Gasteiger partial charge on any atom is -0.490 e. The highest BCUT2D eigenvalue weighted by molar-refractivity contribution is 5.77. The number of hydrogen-bond acceptors (Lipinski definition) is 4. The lowest BCUT2D eigenvalue weighted by molar-refractivity contribution is 0.112. The number of benzene rings is 2. The first kappa shape index (κ1) is 17.3. The van der Waals surface area contributed by atoms with Crippen LogP contribution in [-0.4, -0.2) is 12.9 Å². The van der Waals surface area contributed by atoms with Crippen LogP contribution in [0.5, 0.6) is 11.5 Å². The van der Waals surface area contributed by atoms with E-state index in [2.05, 4.69) is 12.6 Å². The van der Waals surface area contributed by atoms with Crippen molar-refractivity contribution in [1.29, 1.82) is 5.26 Å². The average molecular weight is 321 g/mol. The number of aldehydes is 1. The first-order chi connectivity index (χ1) is 11.7. The van der Waals surface area contributed by atoms with Crippen LogP contribution in [0.1, 0.15) is 34.0 Å². The Labute approximate surface area is 141 Å². The second-order valence-electron chi connectivity index (χ2n) is 5.11. The smallest absolute Gasteiger partial charge is 0.165 e. The van der Waals surface area contributed by atoms with Gasteiger partial charge in [-0.05, 0) is 31.5 Å². The Morgan fingerprint density at radius 3 is 2.67 bits per heavy atom. The maximum atomic E-state index is 11.1. The zero-order valence-corrected chi connectivity index (χ0v) is 13.6. The number of hydrogen-bond donors (Lipinski definition) is 0. The van der Waals surface area contributed by atoms with E-state index in [9.17, 15) is 10.1 Å². The molecule has 0 atom stereocenters. The molecule has 2 rings (SSSR count). The molecule has 24 heavy (non-hydrogen) atoms. The summed E-state index contributed by atoms with van der Waals surface area (Å²) < 4.78 is 11.6. The number of carbonyl (C=O) groups is 1. The summed E-state index contributed by atoms with van der Waals surface area (Å²) >= 11 is 0. The van der Waals surface area contributed by atoms with Crippen LogP contribution in [0.15, 0.2) is 49.1 Å². The first-order valence-corrected chi connectivity index (χ1v) is 7.70. The third-order valence-corrected chi connectivity index (χ3v) is 3.46. The number of ether oxygens (including phenoxy) is 2. The highest BCUT2D eigenvalue weighted by atomic mass is 16.5. The van der Waals surface area contributed by atoms with E-state index >= 15 is 0 Å². The molecule has 2 aromatic rings. The van der Waals surface area contributed by atoms with E-state index in [-0.39, 0.29) is 6.61 Å². The summed E-state index contributed by atoms with van der Waals surface area (Å²) in [6.07, 6.45) is 3.08. The van der Waals surface area contributed by atoms with Gasteiger partial charge in [0.15, 0.2) is 11.5 Å². The van der Waals surface area contributed by atoms with E-state index in [0.29, 0.717) is 35.7 Å². The third kappa shape index (κ3) is 4.02. The van der Waals surface area contributed by atoms with E-state index in [1.165, 1.54) is 0 Å². The Balaban J connectivity index is 2.38. The minimum absolute atomic E-state index is 0.244. The van der Waals surface area contributed by atoms with Crippen LogP contribution in [0.25, 0.3) is 0 Å². The molecule has 0 amide bonds. The van der Waals surface area contributed by atoms with Crippen molar-refractivity contribution in [2.75, 3.05) is 6.61 Å². The summed E-state index contributed by atoms with van der Waals surface area (Å²) in [6, 6.07) is 12.9. The molecule has 122 valence electrons. The number of carbonyl (C=O) groups excluding carboxylic acids is 1. The predicted molar refractivity (Wildman–Crippen MR) is 92.4 cm³/mol. The molecule has 0 aliphatic rings. The summed E-state index contributed by atoms with van der Waals surface area (Å²) in [7, 11) is 0. The molecular weight excluding hydrogens is 302 g/mol. The molecular formula is C20H19NO3. The summed E-state index contributed by atoms with van der Waals surface area (Å²) in [5, 5.41) is 9.18. The fourth-order valence-electron chi connectivity index (χ4n) is 2.39. The second-order valence-corrected chi connectivity index (χ2v) is 5.11. The van der Waals surface area contributed by atoms with Crippen LogP contribution in [-0.2, 0) is 13.0 Å². The van der Waals surface area contributed by atoms with Crippen molar-refractivity contribution < 1.29 is 14.3 Å². The minimum atomic E-state index is 0.244. The molecule has 0 spiro atoms. The van der Waals surface area contributed by atoms with Crippen LogP contribution in [0.3, 0.4) is 0 Å². The first-order valence-electron chi connectivity index (χ1n) is 7.70. The lowest BCUT2D eigenvalue weighted by atomic mass is 10.1. The zero-order valence-electron chi connectivity index (χ0n) is 13.6. The Hall–Kier alpha value is -3.06. The van der Waals surface area contributed by atoms with Gasteiger partial charge in [0.25, 0.3) is 0 Å². The summed E-state index contributed by atoms with van der Waals surface area (Å²) in [5.41, 5.74) is 2.73. The van der Waals surface area contributed by atoms with Crippen LogP contribution < -0.4 is 9.47 Å². The number of nitrogens with zero attached hydrogens (tertiary/aromatic N) is 1. The maximum absolute atomic E-state index is 11.1. The molecule has 4 heteroatoms. The van der Waals surface area contributed by atoms with Crippen molar-refractivity contribution in [2.24, 2.45) is 0 Å². The van der Waals surface area contributed by atoms with E-state index in [0.717, 1.165) is 17.4 Å². The monoisotopic (exact) mass is 321 g/mol. The van der Waals surface area contributed by atoms with Crippen molar-refractivity contribution in [3.05, 3.63) is 71.3 Å². The molecule has 0 bridgehead atoms. The van der Waals surface area contributed by atoms with Gasteiger partial charge in [-0.1, -0.05) is 24.3 Å². The molecule has 0 aromatic heterocycles. The van der Waals surface area contributed by atoms with Crippen molar-refractivity contribution in [2.45, 2.75) is 20.0 Å². The highest BCUT2D eigenvalue weighted by Crippen LogP contribution is 2.34. The average Bonchev–Trinajstić information content (AvgIpc) is 2.61. The van der Waals surface area contributed by atoms with Gasteiger partial charge in [-0.15, -0.1) is 6.58 Å². The largest absolute Gasteiger partial charge is 0.490 e. The van der Waals surface area contributed by atoms with Gasteiger partial charge in [0.05, 0.1) is 18.2 Å². The van der Waals surface area contributed by atoms with Gasteiger partial charge in [-0.3, -0.25) is 4.79 Å². The lowest BCUT2D eigenvalue weighted by Gasteiger charge is -2.16. The Morgan fingerprint density at radius 2 is 2.00 bits per heavy atom. The van der Waals surface area contributed by atoms with E-state index in [1.807, 2.05) is 25.1 Å².